The Morgan fingerprint density at radius 1 is 1.27 bits per heavy atom. The Hall–Kier alpha value is -3.41. The third kappa shape index (κ3) is 3.27. The molecule has 5 N–H and O–H groups in total. The first-order valence-corrected chi connectivity index (χ1v) is 12.2. The third-order valence-electron chi connectivity index (χ3n) is 7.72. The number of amides is 1. The zero-order chi connectivity index (χ0) is 27.1. The second-order valence-corrected chi connectivity index (χ2v) is 10.5. The normalized spacial score (nSPS) is 27.5. The Morgan fingerprint density at radius 3 is 2.51 bits per heavy atom. The number of carbonyl (C=O) groups is 3. The first-order chi connectivity index (χ1) is 17.3. The van der Waals surface area contributed by atoms with Crippen LogP contribution in [-0.2, 0) is 26.7 Å². The van der Waals surface area contributed by atoms with Gasteiger partial charge in [-0.15, -0.1) is 11.6 Å². The van der Waals surface area contributed by atoms with E-state index < -0.39 is 58.0 Å². The number of alkyl halides is 1. The molecule has 2 aromatic rings. The smallest absolute Gasteiger partial charge is 0.255 e. The molecule has 4 atom stereocenters. The quantitative estimate of drug-likeness (QED) is 0.332. The van der Waals surface area contributed by atoms with E-state index in [1.807, 2.05) is 25.1 Å². The van der Waals surface area contributed by atoms with Crippen molar-refractivity contribution in [3.63, 3.8) is 0 Å². The zero-order valence-corrected chi connectivity index (χ0v) is 21.5. The number of halogens is 1. The molecular weight excluding hydrogens is 504 g/mol. The molecule has 2 unspecified atom stereocenters. The van der Waals surface area contributed by atoms with E-state index in [0.717, 1.165) is 5.69 Å². The van der Waals surface area contributed by atoms with Crippen LogP contribution in [0.1, 0.15) is 23.4 Å². The first kappa shape index (κ1) is 25.2. The van der Waals surface area contributed by atoms with Crippen molar-refractivity contribution in [1.29, 1.82) is 0 Å². The van der Waals surface area contributed by atoms with E-state index in [9.17, 15) is 29.7 Å². The molecule has 196 valence electrons. The minimum Gasteiger partial charge on any atom is -0.508 e. The molecule has 3 aliphatic carbocycles. The predicted molar refractivity (Wildman–Crippen MR) is 134 cm³/mol. The Balaban J connectivity index is 1.80. The maximum Gasteiger partial charge on any atom is 0.255 e. The van der Waals surface area contributed by atoms with Gasteiger partial charge in [0.25, 0.3) is 5.91 Å². The van der Waals surface area contributed by atoms with Gasteiger partial charge in [0.2, 0.25) is 11.7 Å². The van der Waals surface area contributed by atoms with E-state index in [0.29, 0.717) is 11.1 Å². The number of aliphatic hydroxyl groups excluding tert-OH is 2. The number of nitrogens with two attached hydrogens (primary N) is 1. The Kier molecular flexibility index (Phi) is 5.67. The number of anilines is 1. The summed E-state index contributed by atoms with van der Waals surface area (Å²) in [6.45, 7) is 0. The summed E-state index contributed by atoms with van der Waals surface area (Å²) in [7, 11) is 6.82. The molecule has 0 radical (unpaired) electrons. The molecule has 12 heteroatoms. The molecule has 1 heterocycles. The van der Waals surface area contributed by atoms with Crippen LogP contribution < -0.4 is 10.6 Å². The molecule has 0 spiro atoms. The summed E-state index contributed by atoms with van der Waals surface area (Å²) in [5.41, 5.74) is 4.18. The van der Waals surface area contributed by atoms with Crippen molar-refractivity contribution in [3.8, 4) is 0 Å². The standard InChI is InChI=1S/C25H27ClN4O7/c1-29(2)13-7-12-21(37-14(8-26)28-12)16-10(13)5-9-6-11-18(30(3)4)20(32)17(24(27)35)23(34)25(11,36)22(33)15(9)19(16)31/h7,9,11,18,31,34,36H,5-6,8H2,1-4H3,(H2,27,35)/t9?,11?,18-,25-/m0/s1. The number of hydrogen-bond donors (Lipinski definition) is 4. The van der Waals surface area contributed by atoms with Crippen LogP contribution >= 0.6 is 11.6 Å². The number of hydrogen-bond acceptors (Lipinski definition) is 10. The molecule has 1 fully saturated rings. The van der Waals surface area contributed by atoms with Gasteiger partial charge in [0.1, 0.15) is 22.6 Å². The van der Waals surface area contributed by atoms with Gasteiger partial charge >= 0.3 is 0 Å². The van der Waals surface area contributed by atoms with Crippen LogP contribution in [-0.4, -0.2) is 82.5 Å². The molecule has 1 aromatic carbocycles. The van der Waals surface area contributed by atoms with Crippen LogP contribution in [0.15, 0.2) is 27.4 Å². The van der Waals surface area contributed by atoms with Gasteiger partial charge in [-0.05, 0) is 44.5 Å². The molecule has 0 saturated heterocycles. The number of likely N-dealkylation sites (N-methyl/N-ethyl adjacent to an activating group) is 1. The summed E-state index contributed by atoms with van der Waals surface area (Å²) in [5.74, 6) is -5.96. The summed E-state index contributed by atoms with van der Waals surface area (Å²) < 4.78 is 5.80. The van der Waals surface area contributed by atoms with Gasteiger partial charge in [-0.3, -0.25) is 19.3 Å². The molecule has 1 saturated carbocycles. The minimum absolute atomic E-state index is 0.00438. The van der Waals surface area contributed by atoms with Gasteiger partial charge in [-0.1, -0.05) is 0 Å². The fourth-order valence-electron chi connectivity index (χ4n) is 6.18. The molecule has 1 amide bonds. The number of oxazole rings is 1. The number of primary amides is 1. The van der Waals surface area contributed by atoms with Gasteiger partial charge < -0.3 is 30.4 Å². The highest BCUT2D eigenvalue weighted by Crippen LogP contribution is 2.53. The van der Waals surface area contributed by atoms with Crippen LogP contribution in [0.25, 0.3) is 16.9 Å². The van der Waals surface area contributed by atoms with Gasteiger partial charge in [0, 0.05) is 31.3 Å². The van der Waals surface area contributed by atoms with E-state index in [1.165, 1.54) is 4.90 Å². The number of aliphatic hydroxyl groups is 3. The summed E-state index contributed by atoms with van der Waals surface area (Å²) in [6.07, 6.45) is 0.356. The average molecular weight is 531 g/mol. The number of carbonyl (C=O) groups excluding carboxylic acids is 3. The molecule has 5 rings (SSSR count). The molecule has 0 aliphatic heterocycles. The molecule has 1 aromatic heterocycles. The summed E-state index contributed by atoms with van der Waals surface area (Å²) in [4.78, 5) is 47.0. The Labute approximate surface area is 216 Å². The fraction of sp³-hybridized carbons (Fsp3) is 0.440. The second kappa shape index (κ2) is 8.30. The molecular formula is C25H27ClN4O7. The highest BCUT2D eigenvalue weighted by atomic mass is 35.5. The van der Waals surface area contributed by atoms with E-state index in [1.54, 1.807) is 14.1 Å². The van der Waals surface area contributed by atoms with E-state index in [4.69, 9.17) is 21.8 Å². The lowest BCUT2D eigenvalue weighted by Crippen LogP contribution is -2.65. The summed E-state index contributed by atoms with van der Waals surface area (Å²) in [5, 5.41) is 34.2. The lowest BCUT2D eigenvalue weighted by atomic mass is 9.57. The van der Waals surface area contributed by atoms with Crippen molar-refractivity contribution in [2.45, 2.75) is 30.4 Å². The molecule has 11 nitrogen and oxygen atoms in total. The van der Waals surface area contributed by atoms with Crippen molar-refractivity contribution < 1.29 is 34.1 Å². The topological polar surface area (TPSA) is 170 Å². The average Bonchev–Trinajstić information content (AvgIpc) is 3.23. The number of Topliss-reactive ketones (excluding diaryl/α,β-unsaturated/α-hetero) is 2. The molecule has 0 bridgehead atoms. The van der Waals surface area contributed by atoms with Crippen molar-refractivity contribution in [2.75, 3.05) is 33.1 Å². The van der Waals surface area contributed by atoms with Crippen LogP contribution in [0.3, 0.4) is 0 Å². The second-order valence-electron chi connectivity index (χ2n) is 10.2. The van der Waals surface area contributed by atoms with Crippen LogP contribution in [0.5, 0.6) is 0 Å². The number of nitrogens with zero attached hydrogens (tertiary/aromatic N) is 3. The zero-order valence-electron chi connectivity index (χ0n) is 20.7. The van der Waals surface area contributed by atoms with Gasteiger partial charge in [0.15, 0.2) is 17.0 Å². The Morgan fingerprint density at radius 2 is 1.95 bits per heavy atom. The number of aromatic nitrogens is 1. The van der Waals surface area contributed by atoms with E-state index in [-0.39, 0.29) is 41.3 Å². The van der Waals surface area contributed by atoms with Crippen molar-refractivity contribution in [2.24, 2.45) is 17.6 Å². The summed E-state index contributed by atoms with van der Waals surface area (Å²) in [6, 6.07) is 0.710. The van der Waals surface area contributed by atoms with Crippen LogP contribution in [0.4, 0.5) is 5.69 Å². The van der Waals surface area contributed by atoms with Crippen molar-refractivity contribution >= 4 is 51.6 Å². The fourth-order valence-corrected chi connectivity index (χ4v) is 6.30. The van der Waals surface area contributed by atoms with Crippen molar-refractivity contribution in [3.05, 3.63) is 40.0 Å². The maximum atomic E-state index is 14.0. The van der Waals surface area contributed by atoms with Gasteiger partial charge in [-0.25, -0.2) is 4.98 Å². The van der Waals surface area contributed by atoms with Gasteiger partial charge in [-0.2, -0.15) is 0 Å². The van der Waals surface area contributed by atoms with E-state index >= 15 is 0 Å². The highest BCUT2D eigenvalue weighted by Gasteiger charge is 2.64. The lowest BCUT2D eigenvalue weighted by molar-refractivity contribution is -0.153. The molecule has 37 heavy (non-hydrogen) atoms. The highest BCUT2D eigenvalue weighted by molar-refractivity contribution is 6.24. The number of rotatable bonds is 4. The largest absolute Gasteiger partial charge is 0.508 e. The van der Waals surface area contributed by atoms with Crippen LogP contribution in [0, 0.1) is 11.8 Å². The number of benzene rings is 1. The van der Waals surface area contributed by atoms with E-state index in [2.05, 4.69) is 4.98 Å². The number of ketones is 2. The third-order valence-corrected chi connectivity index (χ3v) is 7.95. The van der Waals surface area contributed by atoms with Crippen LogP contribution in [0.2, 0.25) is 0 Å². The SMILES string of the molecule is CN(C)c1cc2nc(CCl)oc2c2c1CC1CC3[C@H](N(C)C)C(=O)C(C(N)=O)=C(O)[C@@]3(O)C(=O)C1=C2O. The monoisotopic (exact) mass is 530 g/mol. The Bertz CT molecular complexity index is 1460. The molecule has 3 aliphatic rings. The van der Waals surface area contributed by atoms with Crippen molar-refractivity contribution in [1.82, 2.24) is 9.88 Å². The summed E-state index contributed by atoms with van der Waals surface area (Å²) >= 11 is 5.92. The lowest BCUT2D eigenvalue weighted by Gasteiger charge is -2.50. The maximum absolute atomic E-state index is 14.0. The first-order valence-electron chi connectivity index (χ1n) is 11.7. The predicted octanol–water partition coefficient (Wildman–Crippen LogP) is 1.20. The van der Waals surface area contributed by atoms with Gasteiger partial charge in [0.05, 0.1) is 17.5 Å². The number of fused-ring (bicyclic) bond motifs is 5. The minimum atomic E-state index is -2.63.